The lowest BCUT2D eigenvalue weighted by Crippen LogP contribution is -2.59. The van der Waals surface area contributed by atoms with Crippen LogP contribution in [0.25, 0.3) is 22.0 Å². The molecule has 0 saturated carbocycles. The smallest absolute Gasteiger partial charge is 0.246 e. The van der Waals surface area contributed by atoms with E-state index < -0.39 is 5.82 Å². The van der Waals surface area contributed by atoms with Gasteiger partial charge in [-0.2, -0.15) is 4.98 Å². The Morgan fingerprint density at radius 1 is 1.13 bits per heavy atom. The van der Waals surface area contributed by atoms with Crippen molar-refractivity contribution in [3.8, 4) is 16.9 Å². The van der Waals surface area contributed by atoms with Crippen molar-refractivity contribution >= 4 is 51.8 Å². The van der Waals surface area contributed by atoms with E-state index in [1.165, 1.54) is 24.3 Å². The lowest BCUT2D eigenvalue weighted by atomic mass is 10.0. The van der Waals surface area contributed by atoms with Gasteiger partial charge >= 0.3 is 0 Å². The molecule has 5 rings (SSSR count). The van der Waals surface area contributed by atoms with Crippen LogP contribution in [0.1, 0.15) is 13.8 Å². The quantitative estimate of drug-likeness (QED) is 0.439. The summed E-state index contributed by atoms with van der Waals surface area (Å²) in [6.45, 7) is 10.2. The number of hydrogen-bond donors (Lipinski definition) is 1. The molecule has 0 spiro atoms. The minimum absolute atomic E-state index is 0.0743. The van der Waals surface area contributed by atoms with Crippen molar-refractivity contribution in [3.05, 3.63) is 52.8 Å². The van der Waals surface area contributed by atoms with Gasteiger partial charge in [-0.25, -0.2) is 9.37 Å². The molecule has 39 heavy (non-hydrogen) atoms. The number of hydrogen-bond acceptors (Lipinski definition) is 7. The molecule has 0 unspecified atom stereocenters. The first-order chi connectivity index (χ1) is 18.5. The normalized spacial score (nSPS) is 20.1. The first kappa shape index (κ1) is 27.4. The molecule has 1 N–H and O–H groups in total. The van der Waals surface area contributed by atoms with Gasteiger partial charge in [0.2, 0.25) is 11.9 Å². The molecule has 2 aliphatic rings. The van der Waals surface area contributed by atoms with Crippen LogP contribution < -0.4 is 9.80 Å². The predicted octanol–water partition coefficient (Wildman–Crippen LogP) is 4.81. The third-order valence-corrected chi connectivity index (χ3v) is 8.35. The molecule has 206 valence electrons. The number of aromatic nitrogens is 2. The molecule has 3 heterocycles. The zero-order valence-electron chi connectivity index (χ0n) is 22.3. The summed E-state index contributed by atoms with van der Waals surface area (Å²) < 4.78 is 14.9. The second-order valence-corrected chi connectivity index (χ2v) is 11.3. The van der Waals surface area contributed by atoms with Crippen molar-refractivity contribution in [2.75, 3.05) is 50.1 Å². The highest BCUT2D eigenvalue weighted by molar-refractivity contribution is 6.43. The molecule has 0 bridgehead atoms. The van der Waals surface area contributed by atoms with Gasteiger partial charge in [0.15, 0.2) is 0 Å². The standard InChI is InChI=1S/C28H31Cl2FN6O2/c1-6-22(39)36-11-16(3)37(12-15(36)2)27-18-10-19(29)23(24-20(31)8-7-9-21(24)38)25(30)26(18)32-28(33-27)35-13-17(14-35)34(4)5/h6-10,15-17,38H,1,11-14H2,2-5H3/t15-,16+/m1/s1. The fraction of sp³-hybridized carbons (Fsp3) is 0.393. The average Bonchev–Trinajstić information content (AvgIpc) is 2.85. The molecular formula is C28H31Cl2FN6O2. The van der Waals surface area contributed by atoms with Gasteiger partial charge in [-0.3, -0.25) is 4.79 Å². The van der Waals surface area contributed by atoms with E-state index in [0.717, 1.165) is 13.1 Å². The molecule has 3 aromatic rings. The average molecular weight is 574 g/mol. The summed E-state index contributed by atoms with van der Waals surface area (Å²) in [7, 11) is 4.07. The summed E-state index contributed by atoms with van der Waals surface area (Å²) in [6.07, 6.45) is 1.33. The number of rotatable bonds is 5. The summed E-state index contributed by atoms with van der Waals surface area (Å²) in [5.41, 5.74) is 0.511. The van der Waals surface area contributed by atoms with Crippen molar-refractivity contribution in [1.29, 1.82) is 0 Å². The van der Waals surface area contributed by atoms with Crippen LogP contribution in [0.15, 0.2) is 36.9 Å². The van der Waals surface area contributed by atoms with Crippen LogP contribution in [0.2, 0.25) is 10.0 Å². The van der Waals surface area contributed by atoms with Crippen LogP contribution in [0.5, 0.6) is 5.75 Å². The molecule has 0 radical (unpaired) electrons. The number of carbonyl (C=O) groups is 1. The molecule has 11 heteroatoms. The molecule has 2 aliphatic heterocycles. The van der Waals surface area contributed by atoms with Crippen molar-refractivity contribution in [3.63, 3.8) is 0 Å². The third kappa shape index (κ3) is 4.77. The van der Waals surface area contributed by atoms with E-state index in [0.29, 0.717) is 41.8 Å². The Bertz CT molecular complexity index is 1440. The maximum Gasteiger partial charge on any atom is 0.246 e. The van der Waals surface area contributed by atoms with Crippen molar-refractivity contribution in [1.82, 2.24) is 19.8 Å². The van der Waals surface area contributed by atoms with E-state index in [1.54, 1.807) is 11.0 Å². The Balaban J connectivity index is 1.68. The molecular weight excluding hydrogens is 542 g/mol. The first-order valence-corrected chi connectivity index (χ1v) is 13.6. The minimum Gasteiger partial charge on any atom is -0.507 e. The molecule has 0 aliphatic carbocycles. The molecule has 2 atom stereocenters. The van der Waals surface area contributed by atoms with Crippen molar-refractivity contribution < 1.29 is 14.3 Å². The van der Waals surface area contributed by atoms with Gasteiger partial charge in [-0.1, -0.05) is 35.8 Å². The van der Waals surface area contributed by atoms with E-state index in [1.807, 2.05) is 27.9 Å². The van der Waals surface area contributed by atoms with Crippen LogP contribution in [0.3, 0.4) is 0 Å². The minimum atomic E-state index is -0.644. The highest BCUT2D eigenvalue weighted by atomic mass is 35.5. The largest absolute Gasteiger partial charge is 0.507 e. The van der Waals surface area contributed by atoms with E-state index in [4.69, 9.17) is 33.2 Å². The zero-order valence-corrected chi connectivity index (χ0v) is 23.8. The van der Waals surface area contributed by atoms with Crippen LogP contribution in [0, 0.1) is 5.82 Å². The molecule has 2 aromatic carbocycles. The van der Waals surface area contributed by atoms with Gasteiger partial charge in [-0.15, -0.1) is 0 Å². The molecule has 2 saturated heterocycles. The third-order valence-electron chi connectivity index (χ3n) is 7.68. The zero-order chi connectivity index (χ0) is 28.2. The summed E-state index contributed by atoms with van der Waals surface area (Å²) >= 11 is 13.7. The Morgan fingerprint density at radius 3 is 2.49 bits per heavy atom. The monoisotopic (exact) mass is 572 g/mol. The van der Waals surface area contributed by atoms with Gasteiger partial charge in [0.05, 0.1) is 21.1 Å². The summed E-state index contributed by atoms with van der Waals surface area (Å²) in [6, 6.07) is 5.93. The number of aromatic hydroxyl groups is 1. The van der Waals surface area contributed by atoms with Crippen LogP contribution in [-0.2, 0) is 4.79 Å². The molecule has 2 fully saturated rings. The van der Waals surface area contributed by atoms with E-state index in [2.05, 4.69) is 21.3 Å². The van der Waals surface area contributed by atoms with Gasteiger partial charge in [-0.05, 0) is 52.2 Å². The summed E-state index contributed by atoms with van der Waals surface area (Å²) in [4.78, 5) is 30.4. The number of fused-ring (bicyclic) bond motifs is 1. The van der Waals surface area contributed by atoms with Gasteiger partial charge in [0.25, 0.3) is 0 Å². The van der Waals surface area contributed by atoms with Crippen LogP contribution in [-0.4, -0.2) is 89.2 Å². The fourth-order valence-electron chi connectivity index (χ4n) is 5.31. The Morgan fingerprint density at radius 2 is 1.85 bits per heavy atom. The molecule has 1 aromatic heterocycles. The highest BCUT2D eigenvalue weighted by Crippen LogP contribution is 2.46. The van der Waals surface area contributed by atoms with Crippen LogP contribution in [0.4, 0.5) is 16.2 Å². The second kappa shape index (κ2) is 10.4. The van der Waals surface area contributed by atoms with Gasteiger partial charge < -0.3 is 24.7 Å². The number of amides is 1. The van der Waals surface area contributed by atoms with Crippen molar-refractivity contribution in [2.24, 2.45) is 0 Å². The summed E-state index contributed by atoms with van der Waals surface area (Å²) in [5.74, 6) is 0.122. The summed E-state index contributed by atoms with van der Waals surface area (Å²) in [5, 5.41) is 11.4. The van der Waals surface area contributed by atoms with Crippen LogP contribution >= 0.6 is 23.2 Å². The topological polar surface area (TPSA) is 76.0 Å². The Hall–Kier alpha value is -3.14. The number of carbonyl (C=O) groups excluding carboxylic acids is 1. The maximum atomic E-state index is 14.9. The number of likely N-dealkylation sites (N-methyl/N-ethyl adjacent to an activating group) is 1. The first-order valence-electron chi connectivity index (χ1n) is 12.8. The number of nitrogens with zero attached hydrogens (tertiary/aromatic N) is 6. The van der Waals surface area contributed by atoms with E-state index >= 15 is 0 Å². The lowest BCUT2D eigenvalue weighted by Gasteiger charge is -2.45. The SMILES string of the molecule is C=CC(=O)N1C[C@H](C)N(c2nc(N3CC(N(C)C)C3)nc3c(Cl)c(-c4c(O)cccc4F)c(Cl)cc23)C[C@H]1C. The van der Waals surface area contributed by atoms with Gasteiger partial charge in [0, 0.05) is 55.3 Å². The number of phenols is 1. The van der Waals surface area contributed by atoms with E-state index in [-0.39, 0.29) is 44.9 Å². The fourth-order valence-corrected chi connectivity index (χ4v) is 6.00. The van der Waals surface area contributed by atoms with Crippen molar-refractivity contribution in [2.45, 2.75) is 32.0 Å². The Kier molecular flexibility index (Phi) is 7.35. The van der Waals surface area contributed by atoms with E-state index in [9.17, 15) is 14.3 Å². The van der Waals surface area contributed by atoms with Gasteiger partial charge in [0.1, 0.15) is 17.4 Å². The Labute approximate surface area is 237 Å². The predicted molar refractivity (Wildman–Crippen MR) is 154 cm³/mol. The molecule has 1 amide bonds. The second-order valence-electron chi connectivity index (χ2n) is 10.5. The maximum absolute atomic E-state index is 14.9. The number of halogens is 3. The molecule has 8 nitrogen and oxygen atoms in total. The number of phenolic OH excluding ortho intramolecular Hbond substituents is 1. The number of piperazine rings is 1. The number of benzene rings is 2. The number of anilines is 2. The lowest BCUT2D eigenvalue weighted by molar-refractivity contribution is -0.128. The highest BCUT2D eigenvalue weighted by Gasteiger charge is 2.36.